The number of nitrogens with one attached hydrogen (secondary N) is 1. The van der Waals surface area contributed by atoms with Gasteiger partial charge in [-0.25, -0.2) is 0 Å². The molecule has 132 valence electrons. The molecule has 0 aliphatic carbocycles. The second-order valence-electron chi connectivity index (χ2n) is 5.63. The van der Waals surface area contributed by atoms with Crippen molar-refractivity contribution >= 4 is 17.6 Å². The third-order valence-electron chi connectivity index (χ3n) is 3.63. The number of rotatable bonds is 8. The van der Waals surface area contributed by atoms with E-state index < -0.39 is 11.9 Å². The predicted octanol–water partition coefficient (Wildman–Crippen LogP) is 2.98. The molecular formula is C19H21NO5. The van der Waals surface area contributed by atoms with Crippen LogP contribution in [0.15, 0.2) is 48.5 Å². The first-order valence-electron chi connectivity index (χ1n) is 7.87. The van der Waals surface area contributed by atoms with E-state index in [4.69, 9.17) is 14.6 Å². The smallest absolute Gasteiger partial charge is 0.306 e. The first-order valence-corrected chi connectivity index (χ1v) is 7.87. The lowest BCUT2D eigenvalue weighted by atomic mass is 10.0. The number of benzene rings is 2. The fraction of sp³-hybridized carbons (Fsp3) is 0.263. The van der Waals surface area contributed by atoms with E-state index in [1.807, 2.05) is 6.07 Å². The first kappa shape index (κ1) is 18.3. The molecule has 0 aliphatic heterocycles. The molecule has 0 radical (unpaired) electrons. The van der Waals surface area contributed by atoms with E-state index >= 15 is 0 Å². The Kier molecular flexibility index (Phi) is 6.39. The van der Waals surface area contributed by atoms with Crippen LogP contribution in [0.1, 0.15) is 12.5 Å². The number of carboxylic acids is 1. The van der Waals surface area contributed by atoms with E-state index in [-0.39, 0.29) is 12.5 Å². The maximum absolute atomic E-state index is 12.0. The molecule has 1 unspecified atom stereocenters. The number of hydrogen-bond acceptors (Lipinski definition) is 4. The Bertz CT molecular complexity index is 727. The highest BCUT2D eigenvalue weighted by Crippen LogP contribution is 2.25. The number of carboxylic acid groups (broad SMARTS) is 1. The van der Waals surface area contributed by atoms with Gasteiger partial charge in [-0.05, 0) is 36.2 Å². The van der Waals surface area contributed by atoms with Gasteiger partial charge in [-0.1, -0.05) is 31.2 Å². The average molecular weight is 343 g/mol. The third-order valence-corrected chi connectivity index (χ3v) is 3.63. The molecule has 0 aromatic heterocycles. The van der Waals surface area contributed by atoms with Gasteiger partial charge in [0.25, 0.3) is 5.91 Å². The second-order valence-corrected chi connectivity index (χ2v) is 5.63. The maximum atomic E-state index is 12.0. The Labute approximate surface area is 146 Å². The number of carbonyl (C=O) groups is 2. The van der Waals surface area contributed by atoms with Crippen LogP contribution in [0.25, 0.3) is 0 Å². The predicted molar refractivity (Wildman–Crippen MR) is 94.1 cm³/mol. The molecule has 0 saturated heterocycles. The highest BCUT2D eigenvalue weighted by Gasteiger charge is 2.12. The van der Waals surface area contributed by atoms with Gasteiger partial charge in [-0.15, -0.1) is 0 Å². The van der Waals surface area contributed by atoms with Crippen molar-refractivity contribution in [2.75, 3.05) is 19.0 Å². The highest BCUT2D eigenvalue weighted by atomic mass is 16.5. The molecule has 0 aliphatic rings. The molecule has 0 spiro atoms. The van der Waals surface area contributed by atoms with Crippen molar-refractivity contribution in [2.24, 2.45) is 5.92 Å². The SMILES string of the molecule is COc1ccccc1OCC(=O)Nc1ccc(CC(C)C(=O)O)cc1. The molecular weight excluding hydrogens is 322 g/mol. The minimum atomic E-state index is -0.828. The Morgan fingerprint density at radius 2 is 1.72 bits per heavy atom. The Morgan fingerprint density at radius 1 is 1.08 bits per heavy atom. The van der Waals surface area contributed by atoms with Crippen LogP contribution < -0.4 is 14.8 Å². The van der Waals surface area contributed by atoms with Crippen LogP contribution in [0.2, 0.25) is 0 Å². The van der Waals surface area contributed by atoms with Gasteiger partial charge < -0.3 is 19.9 Å². The van der Waals surface area contributed by atoms with Gasteiger partial charge in [-0.3, -0.25) is 9.59 Å². The topological polar surface area (TPSA) is 84.9 Å². The number of amides is 1. The summed E-state index contributed by atoms with van der Waals surface area (Å²) in [7, 11) is 1.54. The molecule has 6 nitrogen and oxygen atoms in total. The quantitative estimate of drug-likeness (QED) is 0.770. The van der Waals surface area contributed by atoms with Gasteiger partial charge in [0.05, 0.1) is 13.0 Å². The van der Waals surface area contributed by atoms with Crippen LogP contribution in [-0.2, 0) is 16.0 Å². The Balaban J connectivity index is 1.87. The van der Waals surface area contributed by atoms with Crippen molar-refractivity contribution < 1.29 is 24.2 Å². The maximum Gasteiger partial charge on any atom is 0.306 e. The number of aliphatic carboxylic acids is 1. The minimum Gasteiger partial charge on any atom is -0.493 e. The van der Waals surface area contributed by atoms with Crippen molar-refractivity contribution in [2.45, 2.75) is 13.3 Å². The van der Waals surface area contributed by atoms with Crippen molar-refractivity contribution in [1.29, 1.82) is 0 Å². The molecule has 2 aromatic carbocycles. The van der Waals surface area contributed by atoms with E-state index in [0.717, 1.165) is 5.56 Å². The fourth-order valence-corrected chi connectivity index (χ4v) is 2.24. The van der Waals surface area contributed by atoms with Gasteiger partial charge >= 0.3 is 5.97 Å². The highest BCUT2D eigenvalue weighted by molar-refractivity contribution is 5.91. The lowest BCUT2D eigenvalue weighted by Crippen LogP contribution is -2.20. The molecule has 2 rings (SSSR count). The number of hydrogen-bond donors (Lipinski definition) is 2. The molecule has 0 saturated carbocycles. The number of ether oxygens (including phenoxy) is 2. The van der Waals surface area contributed by atoms with Crippen molar-refractivity contribution in [3.63, 3.8) is 0 Å². The van der Waals surface area contributed by atoms with Gasteiger partial charge in [0, 0.05) is 5.69 Å². The zero-order chi connectivity index (χ0) is 18.2. The molecule has 2 N–H and O–H groups in total. The molecule has 1 amide bonds. The molecule has 0 fully saturated rings. The number of methoxy groups -OCH3 is 1. The van der Waals surface area contributed by atoms with Crippen LogP contribution in [-0.4, -0.2) is 30.7 Å². The average Bonchev–Trinajstić information content (AvgIpc) is 2.61. The van der Waals surface area contributed by atoms with Crippen LogP contribution in [0, 0.1) is 5.92 Å². The van der Waals surface area contributed by atoms with E-state index in [9.17, 15) is 9.59 Å². The van der Waals surface area contributed by atoms with Crippen molar-refractivity contribution in [3.8, 4) is 11.5 Å². The summed E-state index contributed by atoms with van der Waals surface area (Å²) >= 11 is 0. The van der Waals surface area contributed by atoms with Crippen molar-refractivity contribution in [1.82, 2.24) is 0 Å². The molecule has 0 bridgehead atoms. The number of para-hydroxylation sites is 2. The van der Waals surface area contributed by atoms with Crippen LogP contribution in [0.3, 0.4) is 0 Å². The van der Waals surface area contributed by atoms with Crippen LogP contribution in [0.4, 0.5) is 5.69 Å². The van der Waals surface area contributed by atoms with Gasteiger partial charge in [0.1, 0.15) is 0 Å². The van der Waals surface area contributed by atoms with E-state index in [1.54, 1.807) is 49.4 Å². The summed E-state index contributed by atoms with van der Waals surface area (Å²) in [5.74, 6) is -0.511. The Hall–Kier alpha value is -3.02. The van der Waals surface area contributed by atoms with Crippen LogP contribution in [0.5, 0.6) is 11.5 Å². The number of anilines is 1. The summed E-state index contributed by atoms with van der Waals surface area (Å²) in [6.07, 6.45) is 0.445. The van der Waals surface area contributed by atoms with E-state index in [1.165, 1.54) is 7.11 Å². The fourth-order valence-electron chi connectivity index (χ4n) is 2.24. The molecule has 2 aromatic rings. The standard InChI is InChI=1S/C19H21NO5/c1-13(19(22)23)11-14-7-9-15(10-8-14)20-18(21)12-25-17-6-4-3-5-16(17)24-2/h3-10,13H,11-12H2,1-2H3,(H,20,21)(H,22,23). The first-order chi connectivity index (χ1) is 12.0. The minimum absolute atomic E-state index is 0.141. The van der Waals surface area contributed by atoms with Gasteiger partial charge in [0.15, 0.2) is 18.1 Å². The number of carbonyl (C=O) groups excluding carboxylic acids is 1. The van der Waals surface area contributed by atoms with Crippen LogP contribution >= 0.6 is 0 Å². The molecule has 1 atom stereocenters. The summed E-state index contributed by atoms with van der Waals surface area (Å²) in [5.41, 5.74) is 1.53. The zero-order valence-corrected chi connectivity index (χ0v) is 14.2. The van der Waals surface area contributed by atoms with Crippen molar-refractivity contribution in [3.05, 3.63) is 54.1 Å². The summed E-state index contributed by atoms with van der Waals surface area (Å²) < 4.78 is 10.6. The lowest BCUT2D eigenvalue weighted by molar-refractivity contribution is -0.141. The molecule has 0 heterocycles. The monoisotopic (exact) mass is 343 g/mol. The van der Waals surface area contributed by atoms with Gasteiger partial charge in [-0.2, -0.15) is 0 Å². The van der Waals surface area contributed by atoms with E-state index in [0.29, 0.717) is 23.6 Å². The summed E-state index contributed by atoms with van der Waals surface area (Å²) in [4.78, 5) is 22.9. The normalized spacial score (nSPS) is 11.4. The summed E-state index contributed by atoms with van der Waals surface area (Å²) in [5, 5.41) is 11.7. The second kappa shape index (κ2) is 8.73. The van der Waals surface area contributed by atoms with E-state index in [2.05, 4.69) is 5.32 Å². The zero-order valence-electron chi connectivity index (χ0n) is 14.2. The van der Waals surface area contributed by atoms with Gasteiger partial charge in [0.2, 0.25) is 0 Å². The lowest BCUT2D eigenvalue weighted by Gasteiger charge is -2.11. The largest absolute Gasteiger partial charge is 0.493 e. The Morgan fingerprint density at radius 3 is 2.32 bits per heavy atom. The summed E-state index contributed by atoms with van der Waals surface area (Å²) in [6, 6.07) is 14.2. The molecule has 25 heavy (non-hydrogen) atoms. The third kappa shape index (κ3) is 5.53. The summed E-state index contributed by atoms with van der Waals surface area (Å²) in [6.45, 7) is 1.52. The molecule has 6 heteroatoms.